The Hall–Kier alpha value is -2.66. The molecule has 0 unspecified atom stereocenters. The molecular weight excluding hydrogens is 312 g/mol. The van der Waals surface area contributed by atoms with Gasteiger partial charge in [-0.25, -0.2) is 0 Å². The lowest BCUT2D eigenvalue weighted by atomic mass is 10.0. The Kier molecular flexibility index (Phi) is 4.48. The van der Waals surface area contributed by atoms with E-state index in [1.165, 1.54) is 18.4 Å². The molecule has 128 valence electrons. The molecule has 1 aliphatic heterocycles. The summed E-state index contributed by atoms with van der Waals surface area (Å²) >= 11 is 0. The predicted octanol–water partition coefficient (Wildman–Crippen LogP) is 3.09. The van der Waals surface area contributed by atoms with Crippen molar-refractivity contribution in [3.8, 4) is 0 Å². The molecule has 1 amide bonds. The van der Waals surface area contributed by atoms with E-state index in [1.54, 1.807) is 12.4 Å². The summed E-state index contributed by atoms with van der Waals surface area (Å²) < 4.78 is 0. The molecule has 0 saturated carbocycles. The quantitative estimate of drug-likeness (QED) is 0.754. The highest BCUT2D eigenvalue weighted by Gasteiger charge is 2.18. The van der Waals surface area contributed by atoms with Gasteiger partial charge in [0.25, 0.3) is 5.91 Å². The fourth-order valence-electron chi connectivity index (χ4n) is 3.53. The van der Waals surface area contributed by atoms with Crippen LogP contribution in [-0.2, 0) is 13.1 Å². The molecule has 0 spiro atoms. The third kappa shape index (κ3) is 3.42. The molecule has 0 atom stereocenters. The molecule has 2 aromatic heterocycles. The molecule has 1 aromatic carbocycles. The van der Waals surface area contributed by atoms with Crippen LogP contribution in [0.1, 0.15) is 34.3 Å². The third-order valence-electron chi connectivity index (χ3n) is 4.83. The van der Waals surface area contributed by atoms with Gasteiger partial charge in [0.2, 0.25) is 0 Å². The Morgan fingerprint density at radius 1 is 1.16 bits per heavy atom. The summed E-state index contributed by atoms with van der Waals surface area (Å²) in [5.41, 5.74) is 4.00. The lowest BCUT2D eigenvalue weighted by Crippen LogP contribution is -2.23. The Balaban J connectivity index is 1.57. The first-order valence-electron chi connectivity index (χ1n) is 8.80. The number of hydrogen-bond donors (Lipinski definition) is 2. The number of nitrogens with zero attached hydrogens (tertiary/aromatic N) is 2. The molecule has 1 aliphatic rings. The maximum Gasteiger partial charge on any atom is 0.252 e. The van der Waals surface area contributed by atoms with Crippen molar-refractivity contribution in [2.24, 2.45) is 0 Å². The fraction of sp³-hybridized carbons (Fsp3) is 0.300. The van der Waals surface area contributed by atoms with Crippen molar-refractivity contribution in [2.45, 2.75) is 25.9 Å². The number of pyridine rings is 1. The van der Waals surface area contributed by atoms with Crippen LogP contribution in [0.3, 0.4) is 0 Å². The van der Waals surface area contributed by atoms with Crippen molar-refractivity contribution in [2.75, 3.05) is 13.1 Å². The third-order valence-corrected chi connectivity index (χ3v) is 4.83. The molecule has 1 saturated heterocycles. The van der Waals surface area contributed by atoms with Crippen LogP contribution >= 0.6 is 0 Å². The zero-order valence-corrected chi connectivity index (χ0v) is 14.2. The Labute approximate surface area is 147 Å². The first-order chi connectivity index (χ1) is 12.3. The van der Waals surface area contributed by atoms with Gasteiger partial charge in [0, 0.05) is 48.1 Å². The second-order valence-electron chi connectivity index (χ2n) is 6.56. The smallest absolute Gasteiger partial charge is 0.252 e. The fourth-order valence-corrected chi connectivity index (χ4v) is 3.53. The normalized spacial score (nSPS) is 14.9. The van der Waals surface area contributed by atoms with Crippen LogP contribution in [0, 0.1) is 0 Å². The van der Waals surface area contributed by atoms with Crippen molar-refractivity contribution >= 4 is 16.8 Å². The van der Waals surface area contributed by atoms with E-state index in [2.05, 4.69) is 20.2 Å². The minimum absolute atomic E-state index is 0.0373. The Morgan fingerprint density at radius 3 is 2.76 bits per heavy atom. The van der Waals surface area contributed by atoms with Crippen LogP contribution < -0.4 is 5.32 Å². The molecule has 0 aliphatic carbocycles. The zero-order chi connectivity index (χ0) is 17.1. The van der Waals surface area contributed by atoms with Gasteiger partial charge in [0.05, 0.1) is 0 Å². The topological polar surface area (TPSA) is 61.0 Å². The van der Waals surface area contributed by atoms with Gasteiger partial charge in [-0.1, -0.05) is 6.07 Å². The Morgan fingerprint density at radius 2 is 1.96 bits per heavy atom. The molecule has 2 N–H and O–H groups in total. The summed E-state index contributed by atoms with van der Waals surface area (Å²) in [4.78, 5) is 22.5. The number of likely N-dealkylation sites (tertiary alicyclic amines) is 1. The monoisotopic (exact) mass is 334 g/mol. The van der Waals surface area contributed by atoms with Gasteiger partial charge in [-0.3, -0.25) is 14.7 Å². The van der Waals surface area contributed by atoms with Crippen LogP contribution in [0.5, 0.6) is 0 Å². The number of nitrogens with one attached hydrogen (secondary N) is 2. The maximum atomic E-state index is 12.8. The molecule has 4 rings (SSSR count). The molecule has 0 bridgehead atoms. The molecule has 1 fully saturated rings. The van der Waals surface area contributed by atoms with E-state index in [4.69, 9.17) is 0 Å². The summed E-state index contributed by atoms with van der Waals surface area (Å²) in [5, 5.41) is 4.07. The van der Waals surface area contributed by atoms with E-state index in [0.29, 0.717) is 6.54 Å². The van der Waals surface area contributed by atoms with Crippen LogP contribution in [-0.4, -0.2) is 33.9 Å². The number of H-pyrrole nitrogens is 1. The number of carbonyl (C=O) groups excluding carboxylic acids is 1. The highest BCUT2D eigenvalue weighted by atomic mass is 16.1. The molecule has 0 radical (unpaired) electrons. The maximum absolute atomic E-state index is 12.8. The van der Waals surface area contributed by atoms with Crippen LogP contribution in [0.4, 0.5) is 0 Å². The van der Waals surface area contributed by atoms with Gasteiger partial charge < -0.3 is 10.3 Å². The van der Waals surface area contributed by atoms with Crippen LogP contribution in [0.25, 0.3) is 10.9 Å². The Bertz CT molecular complexity index is 866. The number of benzene rings is 1. The van der Waals surface area contributed by atoms with Crippen molar-refractivity contribution in [3.05, 3.63) is 65.6 Å². The van der Waals surface area contributed by atoms with Crippen LogP contribution in [0.2, 0.25) is 0 Å². The van der Waals surface area contributed by atoms with Gasteiger partial charge in [0.1, 0.15) is 0 Å². The number of hydrogen-bond acceptors (Lipinski definition) is 3. The van der Waals surface area contributed by atoms with E-state index in [-0.39, 0.29) is 5.91 Å². The van der Waals surface area contributed by atoms with E-state index in [9.17, 15) is 4.79 Å². The van der Waals surface area contributed by atoms with Crippen LogP contribution in [0.15, 0.2) is 48.9 Å². The summed E-state index contributed by atoms with van der Waals surface area (Å²) in [6.07, 6.45) is 8.05. The number of carbonyl (C=O) groups is 1. The van der Waals surface area contributed by atoms with Crippen molar-refractivity contribution < 1.29 is 4.79 Å². The summed E-state index contributed by atoms with van der Waals surface area (Å²) in [6, 6.07) is 9.69. The lowest BCUT2D eigenvalue weighted by molar-refractivity contribution is 0.0952. The SMILES string of the molecule is O=C(NCc1ccncc1)c1cccc2[nH]cc(CN3CCCC3)c12. The highest BCUT2D eigenvalue weighted by molar-refractivity contribution is 6.07. The van der Waals surface area contributed by atoms with E-state index in [1.807, 2.05) is 36.5 Å². The van der Waals surface area contributed by atoms with Gasteiger partial charge in [0.15, 0.2) is 0 Å². The molecule has 25 heavy (non-hydrogen) atoms. The summed E-state index contributed by atoms with van der Waals surface area (Å²) in [6.45, 7) is 3.68. The first-order valence-corrected chi connectivity index (χ1v) is 8.80. The minimum atomic E-state index is -0.0373. The standard InChI is InChI=1S/C20H22N4O/c25-20(23-12-15-6-8-21-9-7-15)17-4-3-5-18-19(17)16(13-22-18)14-24-10-1-2-11-24/h3-9,13,22H,1-2,10-12,14H2,(H,23,25). The minimum Gasteiger partial charge on any atom is -0.361 e. The predicted molar refractivity (Wildman–Crippen MR) is 98.2 cm³/mol. The number of amides is 1. The van der Waals surface area contributed by atoms with E-state index < -0.39 is 0 Å². The van der Waals surface area contributed by atoms with Crippen molar-refractivity contribution in [1.29, 1.82) is 0 Å². The first kappa shape index (κ1) is 15.8. The van der Waals surface area contributed by atoms with E-state index >= 15 is 0 Å². The largest absolute Gasteiger partial charge is 0.361 e. The average Bonchev–Trinajstić information content (AvgIpc) is 3.31. The van der Waals surface area contributed by atoms with Gasteiger partial charge in [-0.2, -0.15) is 0 Å². The van der Waals surface area contributed by atoms with Gasteiger partial charge >= 0.3 is 0 Å². The second kappa shape index (κ2) is 7.07. The lowest BCUT2D eigenvalue weighted by Gasteiger charge is -2.14. The summed E-state index contributed by atoms with van der Waals surface area (Å²) in [5.74, 6) is -0.0373. The number of aromatic amines is 1. The average molecular weight is 334 g/mol. The number of fused-ring (bicyclic) bond motifs is 1. The number of aromatic nitrogens is 2. The number of rotatable bonds is 5. The summed E-state index contributed by atoms with van der Waals surface area (Å²) in [7, 11) is 0. The van der Waals surface area contributed by atoms with E-state index in [0.717, 1.165) is 41.7 Å². The molecular formula is C20H22N4O. The molecule has 5 heteroatoms. The second-order valence-corrected chi connectivity index (χ2v) is 6.56. The van der Waals surface area contributed by atoms with Gasteiger partial charge in [-0.15, -0.1) is 0 Å². The molecule has 3 heterocycles. The molecule has 5 nitrogen and oxygen atoms in total. The highest BCUT2D eigenvalue weighted by Crippen LogP contribution is 2.25. The van der Waals surface area contributed by atoms with Gasteiger partial charge in [-0.05, 0) is 61.3 Å². The van der Waals surface area contributed by atoms with Crippen molar-refractivity contribution in [3.63, 3.8) is 0 Å². The zero-order valence-electron chi connectivity index (χ0n) is 14.2. The molecule has 3 aromatic rings. The van der Waals surface area contributed by atoms with Crippen molar-refractivity contribution in [1.82, 2.24) is 20.2 Å².